The number of nitrogens with two attached hydrogens (primary N) is 1. The Morgan fingerprint density at radius 3 is 2.71 bits per heavy atom. The van der Waals surface area contributed by atoms with Crippen LogP contribution in [0.15, 0.2) is 48.5 Å². The number of carbonyl (C=O) groups is 1. The van der Waals surface area contributed by atoms with Crippen LogP contribution in [0.2, 0.25) is 0 Å². The summed E-state index contributed by atoms with van der Waals surface area (Å²) in [5.41, 5.74) is 7.47. The Morgan fingerprint density at radius 1 is 1.24 bits per heavy atom. The van der Waals surface area contributed by atoms with E-state index in [-0.39, 0.29) is 5.91 Å². The number of ether oxygens (including phenoxy) is 1. The number of para-hydroxylation sites is 2. The molecule has 0 saturated heterocycles. The third-order valence-electron chi connectivity index (χ3n) is 3.14. The summed E-state index contributed by atoms with van der Waals surface area (Å²) in [6, 6.07) is 14.5. The summed E-state index contributed by atoms with van der Waals surface area (Å²) in [5, 5.41) is 2.81. The highest BCUT2D eigenvalue weighted by molar-refractivity contribution is 5.95. The average Bonchev–Trinajstić information content (AvgIpc) is 2.48. The van der Waals surface area contributed by atoms with Crippen molar-refractivity contribution in [3.63, 3.8) is 0 Å². The zero-order valence-electron chi connectivity index (χ0n) is 12.3. The number of hydrogen-bond donors (Lipinski definition) is 2. The van der Waals surface area contributed by atoms with E-state index in [2.05, 4.69) is 5.32 Å². The van der Waals surface area contributed by atoms with E-state index in [0.717, 1.165) is 11.3 Å². The molecule has 1 atom stereocenters. The van der Waals surface area contributed by atoms with Crippen LogP contribution in [0.4, 0.5) is 5.69 Å². The van der Waals surface area contributed by atoms with Crippen molar-refractivity contribution in [3.8, 4) is 11.5 Å². The molecule has 1 amide bonds. The average molecular weight is 284 g/mol. The van der Waals surface area contributed by atoms with Crippen LogP contribution in [-0.2, 0) is 4.79 Å². The lowest BCUT2D eigenvalue weighted by Crippen LogP contribution is -2.34. The molecule has 2 aromatic carbocycles. The van der Waals surface area contributed by atoms with E-state index in [0.29, 0.717) is 17.9 Å². The lowest BCUT2D eigenvalue weighted by atomic mass is 10.2. The van der Waals surface area contributed by atoms with E-state index in [9.17, 15) is 4.79 Å². The fourth-order valence-corrected chi connectivity index (χ4v) is 1.88. The molecule has 0 bridgehead atoms. The first-order valence-corrected chi connectivity index (χ1v) is 7.00. The second-order valence-corrected chi connectivity index (χ2v) is 4.92. The predicted molar refractivity (Wildman–Crippen MR) is 84.6 cm³/mol. The molecule has 0 aliphatic rings. The molecule has 0 radical (unpaired) electrons. The van der Waals surface area contributed by atoms with Crippen LogP contribution in [0.25, 0.3) is 0 Å². The molecule has 2 rings (SSSR count). The zero-order chi connectivity index (χ0) is 15.2. The van der Waals surface area contributed by atoms with Gasteiger partial charge in [-0.1, -0.05) is 31.2 Å². The molecule has 0 heterocycles. The largest absolute Gasteiger partial charge is 0.455 e. The molecule has 4 heteroatoms. The van der Waals surface area contributed by atoms with Crippen molar-refractivity contribution >= 4 is 11.6 Å². The SMILES string of the molecule is CCC(N)C(=O)Nc1ccccc1Oc1cccc(C)c1. The van der Waals surface area contributed by atoms with Crippen molar-refractivity contribution in [2.75, 3.05) is 5.32 Å². The summed E-state index contributed by atoms with van der Waals surface area (Å²) in [5.74, 6) is 1.12. The van der Waals surface area contributed by atoms with Crippen molar-refractivity contribution in [2.45, 2.75) is 26.3 Å². The van der Waals surface area contributed by atoms with Gasteiger partial charge in [0.1, 0.15) is 5.75 Å². The lowest BCUT2D eigenvalue weighted by Gasteiger charge is -2.14. The molecule has 0 fully saturated rings. The Morgan fingerprint density at radius 2 is 2.00 bits per heavy atom. The number of anilines is 1. The van der Waals surface area contributed by atoms with Gasteiger partial charge in [0.2, 0.25) is 5.91 Å². The maximum atomic E-state index is 11.9. The van der Waals surface area contributed by atoms with Gasteiger partial charge in [-0.3, -0.25) is 4.79 Å². The van der Waals surface area contributed by atoms with E-state index >= 15 is 0 Å². The third kappa shape index (κ3) is 4.07. The van der Waals surface area contributed by atoms with Crippen molar-refractivity contribution in [1.82, 2.24) is 0 Å². The van der Waals surface area contributed by atoms with E-state index < -0.39 is 6.04 Å². The number of hydrogen-bond acceptors (Lipinski definition) is 3. The summed E-state index contributed by atoms with van der Waals surface area (Å²) >= 11 is 0. The Kier molecular flexibility index (Phi) is 4.95. The molecule has 1 unspecified atom stereocenters. The molecular formula is C17H20N2O2. The summed E-state index contributed by atoms with van der Waals surface area (Å²) in [6.07, 6.45) is 0.590. The Bertz CT molecular complexity index is 626. The summed E-state index contributed by atoms with van der Waals surface area (Å²) in [7, 11) is 0. The van der Waals surface area contributed by atoms with Crippen LogP contribution < -0.4 is 15.8 Å². The quantitative estimate of drug-likeness (QED) is 0.883. The van der Waals surface area contributed by atoms with Gasteiger partial charge in [-0.15, -0.1) is 0 Å². The van der Waals surface area contributed by atoms with E-state index in [1.807, 2.05) is 56.3 Å². The molecule has 4 nitrogen and oxygen atoms in total. The molecule has 21 heavy (non-hydrogen) atoms. The molecule has 0 spiro atoms. The minimum Gasteiger partial charge on any atom is -0.455 e. The number of rotatable bonds is 5. The second-order valence-electron chi connectivity index (χ2n) is 4.92. The summed E-state index contributed by atoms with van der Waals surface area (Å²) in [6.45, 7) is 3.88. The number of amides is 1. The Hall–Kier alpha value is -2.33. The zero-order valence-corrected chi connectivity index (χ0v) is 12.3. The maximum Gasteiger partial charge on any atom is 0.241 e. The molecule has 0 aliphatic carbocycles. The normalized spacial score (nSPS) is 11.8. The molecule has 0 aromatic heterocycles. The fourth-order valence-electron chi connectivity index (χ4n) is 1.88. The van der Waals surface area contributed by atoms with E-state index in [1.165, 1.54) is 0 Å². The first-order valence-electron chi connectivity index (χ1n) is 7.00. The summed E-state index contributed by atoms with van der Waals surface area (Å²) in [4.78, 5) is 11.9. The van der Waals surface area contributed by atoms with Crippen LogP contribution in [-0.4, -0.2) is 11.9 Å². The topological polar surface area (TPSA) is 64.4 Å². The van der Waals surface area contributed by atoms with Crippen molar-refractivity contribution in [3.05, 3.63) is 54.1 Å². The van der Waals surface area contributed by atoms with Gasteiger partial charge in [-0.2, -0.15) is 0 Å². The van der Waals surface area contributed by atoms with Gasteiger partial charge in [-0.25, -0.2) is 0 Å². The van der Waals surface area contributed by atoms with Crippen LogP contribution in [0.1, 0.15) is 18.9 Å². The summed E-state index contributed by atoms with van der Waals surface area (Å²) < 4.78 is 5.85. The van der Waals surface area contributed by atoms with Gasteiger partial charge in [0.15, 0.2) is 5.75 Å². The van der Waals surface area contributed by atoms with Crippen LogP contribution in [0, 0.1) is 6.92 Å². The Balaban J connectivity index is 2.19. The molecular weight excluding hydrogens is 264 g/mol. The Labute approximate surface area is 124 Å². The first-order chi connectivity index (χ1) is 10.1. The molecule has 2 aromatic rings. The number of aryl methyl sites for hydroxylation is 1. The van der Waals surface area contributed by atoms with Crippen molar-refractivity contribution < 1.29 is 9.53 Å². The van der Waals surface area contributed by atoms with E-state index in [4.69, 9.17) is 10.5 Å². The standard InChI is InChI=1S/C17H20N2O2/c1-3-14(18)17(20)19-15-9-4-5-10-16(15)21-13-8-6-7-12(2)11-13/h4-11,14H,3,18H2,1-2H3,(H,19,20). The molecule has 0 saturated carbocycles. The van der Waals surface area contributed by atoms with Gasteiger partial charge in [-0.05, 0) is 43.2 Å². The fraction of sp³-hybridized carbons (Fsp3) is 0.235. The van der Waals surface area contributed by atoms with E-state index in [1.54, 1.807) is 6.07 Å². The second kappa shape index (κ2) is 6.90. The van der Waals surface area contributed by atoms with Gasteiger partial charge < -0.3 is 15.8 Å². The first kappa shape index (κ1) is 15.1. The van der Waals surface area contributed by atoms with Gasteiger partial charge in [0.05, 0.1) is 11.7 Å². The maximum absolute atomic E-state index is 11.9. The van der Waals surface area contributed by atoms with Crippen LogP contribution in [0.5, 0.6) is 11.5 Å². The van der Waals surface area contributed by atoms with Gasteiger partial charge in [0.25, 0.3) is 0 Å². The number of benzene rings is 2. The minimum absolute atomic E-state index is 0.210. The van der Waals surface area contributed by atoms with Gasteiger partial charge in [0, 0.05) is 0 Å². The number of nitrogens with one attached hydrogen (secondary N) is 1. The highest BCUT2D eigenvalue weighted by Crippen LogP contribution is 2.29. The van der Waals surface area contributed by atoms with Crippen molar-refractivity contribution in [2.24, 2.45) is 5.73 Å². The highest BCUT2D eigenvalue weighted by atomic mass is 16.5. The molecule has 3 N–H and O–H groups in total. The monoisotopic (exact) mass is 284 g/mol. The van der Waals surface area contributed by atoms with Crippen molar-refractivity contribution in [1.29, 1.82) is 0 Å². The minimum atomic E-state index is -0.517. The predicted octanol–water partition coefficient (Wildman–Crippen LogP) is 3.46. The lowest BCUT2D eigenvalue weighted by molar-refractivity contribution is -0.117. The van der Waals surface area contributed by atoms with Crippen LogP contribution >= 0.6 is 0 Å². The van der Waals surface area contributed by atoms with Gasteiger partial charge >= 0.3 is 0 Å². The third-order valence-corrected chi connectivity index (χ3v) is 3.14. The molecule has 0 aliphatic heterocycles. The molecule has 110 valence electrons. The van der Waals surface area contributed by atoms with Crippen LogP contribution in [0.3, 0.4) is 0 Å². The smallest absolute Gasteiger partial charge is 0.241 e. The highest BCUT2D eigenvalue weighted by Gasteiger charge is 2.13. The number of carbonyl (C=O) groups excluding carboxylic acids is 1.